The summed E-state index contributed by atoms with van der Waals surface area (Å²) >= 11 is 0. The number of carbonyl (C=O) groups is 2. The lowest BCUT2D eigenvalue weighted by Gasteiger charge is -2.14. The number of ketones is 1. The second-order valence-electron chi connectivity index (χ2n) is 3.73. The maximum Gasteiger partial charge on any atom is 0.133 e. The molecule has 3 unspecified atom stereocenters. The lowest BCUT2D eigenvalue weighted by Crippen LogP contribution is -2.10. The van der Waals surface area contributed by atoms with Crippen molar-refractivity contribution in [2.45, 2.75) is 19.3 Å². The van der Waals surface area contributed by atoms with E-state index in [1.165, 1.54) is 0 Å². The van der Waals surface area contributed by atoms with Crippen LogP contribution in [0.1, 0.15) is 19.3 Å². The summed E-state index contributed by atoms with van der Waals surface area (Å²) in [5.41, 5.74) is 0. The van der Waals surface area contributed by atoms with Gasteiger partial charge in [-0.3, -0.25) is 4.79 Å². The van der Waals surface area contributed by atoms with Crippen LogP contribution in [0, 0.1) is 17.8 Å². The highest BCUT2D eigenvalue weighted by atomic mass is 16.1. The lowest BCUT2D eigenvalue weighted by atomic mass is 9.89. The molecule has 0 radical (unpaired) electrons. The first-order valence-electron chi connectivity index (χ1n) is 4.45. The summed E-state index contributed by atoms with van der Waals surface area (Å²) in [6.07, 6.45) is 7.16. The van der Waals surface area contributed by atoms with Gasteiger partial charge in [-0.1, -0.05) is 12.2 Å². The number of aldehydes is 1. The van der Waals surface area contributed by atoms with Gasteiger partial charge in [-0.25, -0.2) is 0 Å². The summed E-state index contributed by atoms with van der Waals surface area (Å²) in [7, 11) is 0. The molecule has 0 heterocycles. The molecule has 0 spiro atoms. The molecule has 1 saturated carbocycles. The molecule has 0 aromatic carbocycles. The van der Waals surface area contributed by atoms with Crippen molar-refractivity contribution in [3.63, 3.8) is 0 Å². The van der Waals surface area contributed by atoms with Gasteiger partial charge >= 0.3 is 0 Å². The molecule has 0 N–H and O–H groups in total. The van der Waals surface area contributed by atoms with Crippen molar-refractivity contribution in [2.75, 3.05) is 0 Å². The van der Waals surface area contributed by atoms with Crippen LogP contribution in [0.3, 0.4) is 0 Å². The predicted molar refractivity (Wildman–Crippen MR) is 44.5 cm³/mol. The van der Waals surface area contributed by atoms with Crippen LogP contribution in [0.15, 0.2) is 12.2 Å². The van der Waals surface area contributed by atoms with Crippen LogP contribution < -0.4 is 0 Å². The average Bonchev–Trinajstić information content (AvgIpc) is 2.52. The molecular weight excluding hydrogens is 152 g/mol. The van der Waals surface area contributed by atoms with Gasteiger partial charge in [0.1, 0.15) is 12.1 Å². The minimum absolute atomic E-state index is 0.346. The van der Waals surface area contributed by atoms with E-state index in [9.17, 15) is 9.59 Å². The van der Waals surface area contributed by atoms with E-state index >= 15 is 0 Å². The minimum Gasteiger partial charge on any atom is -0.303 e. The Balaban J connectivity index is 2.08. The Morgan fingerprint density at radius 2 is 2.25 bits per heavy atom. The normalized spacial score (nSPS) is 38.7. The number of hydrogen-bond donors (Lipinski definition) is 0. The maximum absolute atomic E-state index is 11.1. The predicted octanol–water partition coefficient (Wildman–Crippen LogP) is 1.36. The number of hydrogen-bond acceptors (Lipinski definition) is 2. The smallest absolute Gasteiger partial charge is 0.133 e. The minimum atomic E-state index is 0.346. The fourth-order valence-electron chi connectivity index (χ4n) is 2.38. The zero-order valence-corrected chi connectivity index (χ0v) is 6.90. The number of allylic oxidation sites excluding steroid dienone is 2. The van der Waals surface area contributed by atoms with Crippen LogP contribution in [0.2, 0.25) is 0 Å². The quantitative estimate of drug-likeness (QED) is 0.456. The summed E-state index contributed by atoms with van der Waals surface area (Å²) < 4.78 is 0. The number of fused-ring (bicyclic) bond motifs is 1. The largest absolute Gasteiger partial charge is 0.303 e. The monoisotopic (exact) mass is 164 g/mol. The van der Waals surface area contributed by atoms with E-state index in [0.717, 1.165) is 6.29 Å². The van der Waals surface area contributed by atoms with Gasteiger partial charge in [0.15, 0.2) is 0 Å². The Morgan fingerprint density at radius 3 is 3.00 bits per heavy atom. The number of rotatable bonds is 2. The lowest BCUT2D eigenvalue weighted by molar-refractivity contribution is -0.118. The van der Waals surface area contributed by atoms with Crippen LogP contribution >= 0.6 is 0 Å². The topological polar surface area (TPSA) is 34.1 Å². The van der Waals surface area contributed by atoms with E-state index in [0.29, 0.717) is 42.8 Å². The highest BCUT2D eigenvalue weighted by Crippen LogP contribution is 2.42. The Labute approximate surface area is 71.6 Å². The highest BCUT2D eigenvalue weighted by molar-refractivity contribution is 5.82. The van der Waals surface area contributed by atoms with Crippen molar-refractivity contribution in [1.82, 2.24) is 0 Å². The summed E-state index contributed by atoms with van der Waals surface area (Å²) in [5, 5.41) is 0. The van der Waals surface area contributed by atoms with Crippen LogP contribution in [0.25, 0.3) is 0 Å². The summed E-state index contributed by atoms with van der Waals surface area (Å²) in [6, 6.07) is 0. The molecule has 0 amide bonds. The Bertz CT molecular complexity index is 242. The van der Waals surface area contributed by atoms with Crippen LogP contribution in [0.5, 0.6) is 0 Å². The molecule has 2 nitrogen and oxygen atoms in total. The van der Waals surface area contributed by atoms with Gasteiger partial charge in [0.2, 0.25) is 0 Å². The zero-order chi connectivity index (χ0) is 8.55. The van der Waals surface area contributed by atoms with Crippen molar-refractivity contribution in [1.29, 1.82) is 0 Å². The zero-order valence-electron chi connectivity index (χ0n) is 6.90. The van der Waals surface area contributed by atoms with Gasteiger partial charge in [0.25, 0.3) is 0 Å². The summed E-state index contributed by atoms with van der Waals surface area (Å²) in [4.78, 5) is 21.4. The molecule has 0 aromatic rings. The number of Topliss-reactive ketones (excluding diaryl/α,β-unsaturated/α-hetero) is 1. The Kier molecular flexibility index (Phi) is 1.83. The molecule has 12 heavy (non-hydrogen) atoms. The van der Waals surface area contributed by atoms with Crippen LogP contribution in [0.4, 0.5) is 0 Å². The SMILES string of the molecule is O=CCC1C=CC2CC(=O)CC12. The average molecular weight is 164 g/mol. The van der Waals surface area contributed by atoms with Crippen molar-refractivity contribution in [3.05, 3.63) is 12.2 Å². The molecule has 2 aliphatic carbocycles. The fraction of sp³-hybridized carbons (Fsp3) is 0.600. The first-order chi connectivity index (χ1) is 5.81. The van der Waals surface area contributed by atoms with E-state index < -0.39 is 0 Å². The molecule has 0 aliphatic heterocycles. The Hall–Kier alpha value is -0.920. The molecule has 64 valence electrons. The molecule has 0 saturated heterocycles. The molecule has 0 bridgehead atoms. The van der Waals surface area contributed by atoms with Gasteiger partial charge in [-0.05, 0) is 17.8 Å². The molecular formula is C10H12O2. The maximum atomic E-state index is 11.1. The molecule has 3 atom stereocenters. The third kappa shape index (κ3) is 1.11. The Morgan fingerprint density at radius 1 is 1.42 bits per heavy atom. The van der Waals surface area contributed by atoms with E-state index in [2.05, 4.69) is 12.2 Å². The van der Waals surface area contributed by atoms with Crippen molar-refractivity contribution >= 4 is 12.1 Å². The second-order valence-corrected chi connectivity index (χ2v) is 3.73. The van der Waals surface area contributed by atoms with Crippen molar-refractivity contribution < 1.29 is 9.59 Å². The van der Waals surface area contributed by atoms with Crippen LogP contribution in [-0.4, -0.2) is 12.1 Å². The van der Waals surface area contributed by atoms with Gasteiger partial charge < -0.3 is 4.79 Å². The summed E-state index contributed by atoms with van der Waals surface area (Å²) in [5.74, 6) is 1.61. The molecule has 0 aromatic heterocycles. The molecule has 2 heteroatoms. The third-order valence-electron chi connectivity index (χ3n) is 3.00. The first kappa shape index (κ1) is 7.71. The van der Waals surface area contributed by atoms with Crippen LogP contribution in [-0.2, 0) is 9.59 Å². The highest BCUT2D eigenvalue weighted by Gasteiger charge is 2.38. The van der Waals surface area contributed by atoms with Crippen molar-refractivity contribution in [2.24, 2.45) is 17.8 Å². The van der Waals surface area contributed by atoms with E-state index in [1.54, 1.807) is 0 Å². The molecule has 1 fully saturated rings. The third-order valence-corrected chi connectivity index (χ3v) is 3.00. The summed E-state index contributed by atoms with van der Waals surface area (Å²) in [6.45, 7) is 0. The standard InChI is InChI=1S/C10H12O2/c11-4-3-7-1-2-8-5-9(12)6-10(7)8/h1-2,4,7-8,10H,3,5-6H2. The van der Waals surface area contributed by atoms with Gasteiger partial charge in [-0.15, -0.1) is 0 Å². The fourth-order valence-corrected chi connectivity index (χ4v) is 2.38. The van der Waals surface area contributed by atoms with E-state index in [4.69, 9.17) is 0 Å². The second kappa shape index (κ2) is 2.85. The van der Waals surface area contributed by atoms with Gasteiger partial charge in [0, 0.05) is 19.3 Å². The molecule has 2 aliphatic rings. The number of carbonyl (C=O) groups excluding carboxylic acids is 2. The van der Waals surface area contributed by atoms with E-state index in [-0.39, 0.29) is 0 Å². The van der Waals surface area contributed by atoms with E-state index in [1.807, 2.05) is 0 Å². The first-order valence-corrected chi connectivity index (χ1v) is 4.45. The van der Waals surface area contributed by atoms with Crippen molar-refractivity contribution in [3.8, 4) is 0 Å². The van der Waals surface area contributed by atoms with Gasteiger partial charge in [-0.2, -0.15) is 0 Å². The van der Waals surface area contributed by atoms with Gasteiger partial charge in [0.05, 0.1) is 0 Å². The molecule has 2 rings (SSSR count).